The van der Waals surface area contributed by atoms with Crippen LogP contribution >= 0.6 is 0 Å². The first-order valence-electron chi connectivity index (χ1n) is 13.3. The molecule has 4 nitrogen and oxygen atoms in total. The molecule has 1 amide bonds. The Hall–Kier alpha value is -1.81. The molecule has 0 fully saturated rings. The summed E-state index contributed by atoms with van der Waals surface area (Å²) in [5.74, 6) is 0.889. The van der Waals surface area contributed by atoms with E-state index in [0.29, 0.717) is 18.9 Å². The fourth-order valence-corrected chi connectivity index (χ4v) is 2.48. The van der Waals surface area contributed by atoms with Crippen molar-refractivity contribution in [3.05, 3.63) is 47.7 Å². The quantitative estimate of drug-likeness (QED) is 0.341. The summed E-state index contributed by atoms with van der Waals surface area (Å²) in [5, 5.41) is 6.03. The van der Waals surface area contributed by atoms with Crippen LogP contribution in [0.4, 0.5) is 0 Å². The minimum absolute atomic E-state index is 0.0596. The van der Waals surface area contributed by atoms with E-state index < -0.39 is 0 Å². The van der Waals surface area contributed by atoms with E-state index in [4.69, 9.17) is 0 Å². The SMILES string of the molecule is C=C/C=C(\C=C(/C)CC)CNC(=O)C1=CCN(C)CN1.CC.CC.CC.CCCC(C)CC. The molecular weight excluding hydrogens is 406 g/mol. The number of amides is 1. The first-order chi connectivity index (χ1) is 15.9. The van der Waals surface area contributed by atoms with Gasteiger partial charge < -0.3 is 10.6 Å². The molecule has 4 heteroatoms. The second-order valence-electron chi connectivity index (χ2n) is 7.30. The third-order valence-electron chi connectivity index (χ3n) is 4.64. The van der Waals surface area contributed by atoms with Crippen LogP contribution in [-0.4, -0.2) is 37.6 Å². The van der Waals surface area contributed by atoms with Crippen LogP contribution in [0.25, 0.3) is 0 Å². The molecule has 1 rings (SSSR count). The number of hydrogen-bond donors (Lipinski definition) is 2. The molecule has 2 N–H and O–H groups in total. The van der Waals surface area contributed by atoms with Gasteiger partial charge in [0.05, 0.1) is 12.4 Å². The molecule has 0 radical (unpaired) electrons. The van der Waals surface area contributed by atoms with Gasteiger partial charge in [-0.1, -0.05) is 119 Å². The highest BCUT2D eigenvalue weighted by Gasteiger charge is 2.13. The Labute approximate surface area is 208 Å². The first-order valence-corrected chi connectivity index (χ1v) is 13.3. The number of nitrogens with zero attached hydrogens (tertiary/aromatic N) is 1. The lowest BCUT2D eigenvalue weighted by Gasteiger charge is -2.23. The van der Waals surface area contributed by atoms with Gasteiger partial charge in [0.15, 0.2) is 0 Å². The van der Waals surface area contributed by atoms with E-state index in [9.17, 15) is 4.79 Å². The van der Waals surface area contributed by atoms with Crippen LogP contribution in [0.2, 0.25) is 0 Å². The van der Waals surface area contributed by atoms with Gasteiger partial charge in [-0.25, -0.2) is 0 Å². The molecule has 1 heterocycles. The lowest BCUT2D eigenvalue weighted by Crippen LogP contribution is -2.41. The zero-order chi connectivity index (χ0) is 26.7. The molecule has 1 aliphatic heterocycles. The molecule has 0 saturated heterocycles. The third-order valence-corrected chi connectivity index (χ3v) is 4.64. The number of hydrogen-bond acceptors (Lipinski definition) is 3. The van der Waals surface area contributed by atoms with Gasteiger partial charge in [0.25, 0.3) is 5.91 Å². The van der Waals surface area contributed by atoms with E-state index in [1.165, 1.54) is 24.8 Å². The van der Waals surface area contributed by atoms with Gasteiger partial charge in [-0.2, -0.15) is 0 Å². The van der Waals surface area contributed by atoms with Crippen LogP contribution in [0.1, 0.15) is 102 Å². The summed E-state index contributed by atoms with van der Waals surface area (Å²) in [4.78, 5) is 14.1. The molecule has 0 spiro atoms. The van der Waals surface area contributed by atoms with Gasteiger partial charge in [-0.15, -0.1) is 0 Å². The van der Waals surface area contributed by atoms with Crippen LogP contribution in [0.15, 0.2) is 47.7 Å². The zero-order valence-electron chi connectivity index (χ0n) is 24.4. The van der Waals surface area contributed by atoms with Crippen LogP contribution in [0.5, 0.6) is 0 Å². The summed E-state index contributed by atoms with van der Waals surface area (Å²) >= 11 is 0. The fourth-order valence-electron chi connectivity index (χ4n) is 2.48. The monoisotopic (exact) mass is 465 g/mol. The van der Waals surface area contributed by atoms with Gasteiger partial charge in [-0.3, -0.25) is 9.69 Å². The molecule has 0 aromatic rings. The molecule has 0 aromatic heterocycles. The Bertz CT molecular complexity index is 533. The molecule has 0 bridgehead atoms. The number of nitrogens with one attached hydrogen (secondary N) is 2. The van der Waals surface area contributed by atoms with Crippen LogP contribution in [-0.2, 0) is 4.79 Å². The van der Waals surface area contributed by atoms with E-state index in [1.807, 2.05) is 60.7 Å². The summed E-state index contributed by atoms with van der Waals surface area (Å²) in [6.07, 6.45) is 12.8. The Morgan fingerprint density at radius 2 is 1.76 bits per heavy atom. The zero-order valence-corrected chi connectivity index (χ0v) is 24.4. The van der Waals surface area contributed by atoms with Gasteiger partial charge in [0.2, 0.25) is 0 Å². The Morgan fingerprint density at radius 1 is 1.18 bits per heavy atom. The maximum absolute atomic E-state index is 12.0. The second kappa shape index (κ2) is 30.2. The number of carbonyl (C=O) groups is 1. The molecule has 1 aliphatic rings. The van der Waals surface area contributed by atoms with Crippen molar-refractivity contribution in [2.45, 2.75) is 102 Å². The van der Waals surface area contributed by atoms with Gasteiger partial charge in [0, 0.05) is 13.1 Å². The summed E-state index contributed by atoms with van der Waals surface area (Å²) < 4.78 is 0. The molecule has 1 atom stereocenters. The minimum atomic E-state index is -0.0596. The summed E-state index contributed by atoms with van der Waals surface area (Å²) in [6.45, 7) is 28.7. The lowest BCUT2D eigenvalue weighted by atomic mass is 10.0. The van der Waals surface area contributed by atoms with Gasteiger partial charge >= 0.3 is 0 Å². The average Bonchev–Trinajstić information content (AvgIpc) is 2.87. The van der Waals surface area contributed by atoms with Crippen molar-refractivity contribution in [2.75, 3.05) is 26.8 Å². The van der Waals surface area contributed by atoms with E-state index in [1.54, 1.807) is 6.08 Å². The van der Waals surface area contributed by atoms with Crippen molar-refractivity contribution in [3.63, 3.8) is 0 Å². The fraction of sp³-hybridized carbons (Fsp3) is 0.690. The maximum Gasteiger partial charge on any atom is 0.267 e. The number of rotatable bonds is 9. The van der Waals surface area contributed by atoms with Crippen molar-refractivity contribution in [2.24, 2.45) is 5.92 Å². The highest BCUT2D eigenvalue weighted by Crippen LogP contribution is 2.07. The molecular formula is C29H59N3O. The highest BCUT2D eigenvalue weighted by atomic mass is 16.2. The maximum atomic E-state index is 12.0. The number of allylic oxidation sites excluding steroid dienone is 3. The molecule has 0 aliphatic carbocycles. The lowest BCUT2D eigenvalue weighted by molar-refractivity contribution is -0.117. The van der Waals surface area contributed by atoms with E-state index in [0.717, 1.165) is 24.5 Å². The van der Waals surface area contributed by atoms with Crippen LogP contribution in [0.3, 0.4) is 0 Å². The molecule has 196 valence electrons. The molecule has 33 heavy (non-hydrogen) atoms. The topological polar surface area (TPSA) is 44.4 Å². The third kappa shape index (κ3) is 24.7. The first kappa shape index (κ1) is 38.5. The smallest absolute Gasteiger partial charge is 0.267 e. The normalized spacial score (nSPS) is 14.0. The summed E-state index contributed by atoms with van der Waals surface area (Å²) in [5.41, 5.74) is 2.99. The summed E-state index contributed by atoms with van der Waals surface area (Å²) in [7, 11) is 2.00. The predicted octanol–water partition coefficient (Wildman–Crippen LogP) is 7.86. The van der Waals surface area contributed by atoms with Crippen molar-refractivity contribution >= 4 is 5.91 Å². The molecule has 0 saturated carbocycles. The van der Waals surface area contributed by atoms with Crippen molar-refractivity contribution < 1.29 is 4.79 Å². The minimum Gasteiger partial charge on any atom is -0.368 e. The number of carbonyl (C=O) groups excluding carboxylic acids is 1. The van der Waals surface area contributed by atoms with Crippen LogP contribution < -0.4 is 10.6 Å². The average molecular weight is 466 g/mol. The van der Waals surface area contributed by atoms with E-state index in [2.05, 4.69) is 62.8 Å². The van der Waals surface area contributed by atoms with E-state index >= 15 is 0 Å². The molecule has 0 aromatic carbocycles. The standard InChI is InChI=1S/C16H25N3O.C7H16.3C2H6/c1-5-7-14(10-13(3)6-2)11-17-16(20)15-8-9-19(4)12-18-15;1-4-6-7(3)5-2;3*1-2/h5,7-8,10,18H,1,6,9,11-12H2,2-4H3,(H,17,20);7H,4-6H2,1-3H3;3*1-2H3/b13-10+,14-7+;;;;. The van der Waals surface area contributed by atoms with Crippen molar-refractivity contribution in [1.82, 2.24) is 15.5 Å². The van der Waals surface area contributed by atoms with Crippen molar-refractivity contribution in [1.29, 1.82) is 0 Å². The Morgan fingerprint density at radius 3 is 2.12 bits per heavy atom. The number of likely N-dealkylation sites (N-methyl/N-ethyl adjacent to an activating group) is 1. The molecule has 1 unspecified atom stereocenters. The van der Waals surface area contributed by atoms with E-state index in [-0.39, 0.29) is 5.91 Å². The van der Waals surface area contributed by atoms with Crippen LogP contribution in [0, 0.1) is 5.92 Å². The Balaban J connectivity index is -0.000000271. The van der Waals surface area contributed by atoms with Gasteiger partial charge in [0.1, 0.15) is 0 Å². The van der Waals surface area contributed by atoms with Crippen molar-refractivity contribution in [3.8, 4) is 0 Å². The summed E-state index contributed by atoms with van der Waals surface area (Å²) in [6, 6.07) is 0. The van der Waals surface area contributed by atoms with Gasteiger partial charge in [-0.05, 0) is 38.0 Å². The largest absolute Gasteiger partial charge is 0.368 e. The predicted molar refractivity (Wildman–Crippen MR) is 152 cm³/mol. The Kier molecular flexibility index (Phi) is 35.2. The second-order valence-corrected chi connectivity index (χ2v) is 7.30. The highest BCUT2D eigenvalue weighted by molar-refractivity contribution is 5.93.